The second-order valence-electron chi connectivity index (χ2n) is 5.43. The van der Waals surface area contributed by atoms with Crippen molar-refractivity contribution in [1.82, 2.24) is 10.3 Å². The number of rotatable bonds is 6. The van der Waals surface area contributed by atoms with Crippen LogP contribution >= 0.6 is 0 Å². The van der Waals surface area contributed by atoms with Crippen LogP contribution in [0.25, 0.3) is 0 Å². The topological polar surface area (TPSA) is 79.3 Å². The number of aliphatic carboxylic acids is 1. The SMILES string of the molecule is O=C(CC1(C(=O)O)CCCC1)NCCc1cccnc1. The molecule has 1 saturated carbocycles. The lowest BCUT2D eigenvalue weighted by Crippen LogP contribution is -2.36. The zero-order valence-electron chi connectivity index (χ0n) is 11.5. The molecule has 0 radical (unpaired) electrons. The molecular weight excluding hydrogens is 256 g/mol. The third-order valence-electron chi connectivity index (χ3n) is 3.97. The van der Waals surface area contributed by atoms with Gasteiger partial charge in [0.2, 0.25) is 5.91 Å². The van der Waals surface area contributed by atoms with Gasteiger partial charge in [-0.1, -0.05) is 18.9 Å². The molecule has 1 aliphatic carbocycles. The number of amides is 1. The Morgan fingerprint density at radius 3 is 2.70 bits per heavy atom. The average Bonchev–Trinajstić information content (AvgIpc) is 2.90. The molecule has 1 amide bonds. The Labute approximate surface area is 118 Å². The molecular formula is C15H20N2O3. The van der Waals surface area contributed by atoms with E-state index in [-0.39, 0.29) is 12.3 Å². The monoisotopic (exact) mass is 276 g/mol. The summed E-state index contributed by atoms with van der Waals surface area (Å²) < 4.78 is 0. The molecule has 0 unspecified atom stereocenters. The van der Waals surface area contributed by atoms with E-state index in [1.54, 1.807) is 12.4 Å². The number of nitrogens with zero attached hydrogens (tertiary/aromatic N) is 1. The van der Waals surface area contributed by atoms with E-state index in [1.807, 2.05) is 12.1 Å². The summed E-state index contributed by atoms with van der Waals surface area (Å²) in [6, 6.07) is 3.81. The van der Waals surface area contributed by atoms with E-state index in [9.17, 15) is 14.7 Å². The lowest BCUT2D eigenvalue weighted by Gasteiger charge is -2.22. The van der Waals surface area contributed by atoms with Crippen molar-refractivity contribution in [2.75, 3.05) is 6.54 Å². The molecule has 5 nitrogen and oxygen atoms in total. The second-order valence-corrected chi connectivity index (χ2v) is 5.43. The molecule has 1 aromatic heterocycles. The van der Waals surface area contributed by atoms with E-state index < -0.39 is 11.4 Å². The van der Waals surface area contributed by atoms with Crippen molar-refractivity contribution < 1.29 is 14.7 Å². The first-order valence-corrected chi connectivity index (χ1v) is 7.01. The van der Waals surface area contributed by atoms with Crippen molar-refractivity contribution in [3.8, 4) is 0 Å². The molecule has 0 atom stereocenters. The summed E-state index contributed by atoms with van der Waals surface area (Å²) in [5.74, 6) is -1.00. The van der Waals surface area contributed by atoms with Gasteiger partial charge in [-0.2, -0.15) is 0 Å². The first kappa shape index (κ1) is 14.5. The summed E-state index contributed by atoms with van der Waals surface area (Å²) in [5.41, 5.74) is 0.222. The maximum absolute atomic E-state index is 11.9. The minimum Gasteiger partial charge on any atom is -0.481 e. The lowest BCUT2D eigenvalue weighted by atomic mass is 9.82. The van der Waals surface area contributed by atoms with Gasteiger partial charge in [0, 0.05) is 25.4 Å². The number of carboxylic acid groups (broad SMARTS) is 1. The Bertz CT molecular complexity index is 467. The molecule has 0 saturated heterocycles. The van der Waals surface area contributed by atoms with Crippen LogP contribution in [0.4, 0.5) is 0 Å². The molecule has 0 spiro atoms. The Balaban J connectivity index is 1.79. The summed E-state index contributed by atoms with van der Waals surface area (Å²) in [5, 5.41) is 12.1. The average molecular weight is 276 g/mol. The van der Waals surface area contributed by atoms with Crippen LogP contribution in [-0.2, 0) is 16.0 Å². The van der Waals surface area contributed by atoms with Crippen molar-refractivity contribution in [3.05, 3.63) is 30.1 Å². The molecule has 0 aliphatic heterocycles. The summed E-state index contributed by atoms with van der Waals surface area (Å²) >= 11 is 0. The first-order chi connectivity index (χ1) is 9.62. The fourth-order valence-corrected chi connectivity index (χ4v) is 2.78. The van der Waals surface area contributed by atoms with Gasteiger partial charge in [0.1, 0.15) is 0 Å². The van der Waals surface area contributed by atoms with Crippen LogP contribution < -0.4 is 5.32 Å². The molecule has 2 N–H and O–H groups in total. The highest BCUT2D eigenvalue weighted by Gasteiger charge is 2.42. The number of carboxylic acids is 1. The van der Waals surface area contributed by atoms with E-state index in [0.29, 0.717) is 25.8 Å². The van der Waals surface area contributed by atoms with Gasteiger partial charge in [-0.05, 0) is 30.9 Å². The highest BCUT2D eigenvalue weighted by atomic mass is 16.4. The van der Waals surface area contributed by atoms with Crippen LogP contribution in [0.3, 0.4) is 0 Å². The van der Waals surface area contributed by atoms with Gasteiger partial charge >= 0.3 is 5.97 Å². The predicted molar refractivity (Wildman–Crippen MR) is 74.1 cm³/mol. The molecule has 1 aromatic rings. The van der Waals surface area contributed by atoms with Crippen molar-refractivity contribution in [1.29, 1.82) is 0 Å². The number of aromatic nitrogens is 1. The van der Waals surface area contributed by atoms with Crippen molar-refractivity contribution in [3.63, 3.8) is 0 Å². The standard InChI is InChI=1S/C15H20N2O3/c18-13(10-15(14(19)20)6-1-2-7-15)17-9-5-12-4-3-8-16-11-12/h3-4,8,11H,1-2,5-7,9-10H2,(H,17,18)(H,19,20). The summed E-state index contributed by atoms with van der Waals surface area (Å²) in [6.45, 7) is 0.514. The molecule has 108 valence electrons. The number of nitrogens with one attached hydrogen (secondary N) is 1. The van der Waals surface area contributed by atoms with E-state index in [4.69, 9.17) is 0 Å². The Morgan fingerprint density at radius 2 is 2.10 bits per heavy atom. The fraction of sp³-hybridized carbons (Fsp3) is 0.533. The van der Waals surface area contributed by atoms with Gasteiger partial charge in [0.15, 0.2) is 0 Å². The summed E-state index contributed by atoms with van der Waals surface area (Å²) in [4.78, 5) is 27.3. The van der Waals surface area contributed by atoms with E-state index in [2.05, 4.69) is 10.3 Å². The highest BCUT2D eigenvalue weighted by molar-refractivity contribution is 5.85. The molecule has 1 heterocycles. The minimum atomic E-state index is -0.836. The molecule has 5 heteroatoms. The highest BCUT2D eigenvalue weighted by Crippen LogP contribution is 2.41. The van der Waals surface area contributed by atoms with Gasteiger partial charge in [-0.15, -0.1) is 0 Å². The zero-order chi connectivity index (χ0) is 14.4. The van der Waals surface area contributed by atoms with E-state index in [0.717, 1.165) is 18.4 Å². The van der Waals surface area contributed by atoms with Crippen molar-refractivity contribution >= 4 is 11.9 Å². The van der Waals surface area contributed by atoms with Gasteiger partial charge in [0.25, 0.3) is 0 Å². The first-order valence-electron chi connectivity index (χ1n) is 7.01. The number of pyridine rings is 1. The second kappa shape index (κ2) is 6.50. The fourth-order valence-electron chi connectivity index (χ4n) is 2.78. The zero-order valence-corrected chi connectivity index (χ0v) is 11.5. The third kappa shape index (κ3) is 3.56. The van der Waals surface area contributed by atoms with Crippen LogP contribution in [0.15, 0.2) is 24.5 Å². The summed E-state index contributed by atoms with van der Waals surface area (Å²) in [7, 11) is 0. The van der Waals surface area contributed by atoms with Crippen LogP contribution in [0, 0.1) is 5.41 Å². The molecule has 2 rings (SSSR count). The number of hydrogen-bond donors (Lipinski definition) is 2. The quantitative estimate of drug-likeness (QED) is 0.830. The van der Waals surface area contributed by atoms with Crippen molar-refractivity contribution in [2.45, 2.75) is 38.5 Å². The molecule has 1 aliphatic rings. The van der Waals surface area contributed by atoms with E-state index >= 15 is 0 Å². The van der Waals surface area contributed by atoms with Crippen LogP contribution in [0.5, 0.6) is 0 Å². The normalized spacial score (nSPS) is 16.8. The largest absolute Gasteiger partial charge is 0.481 e. The lowest BCUT2D eigenvalue weighted by molar-refractivity contribution is -0.151. The van der Waals surface area contributed by atoms with Crippen LogP contribution in [-0.4, -0.2) is 28.5 Å². The molecule has 0 bridgehead atoms. The van der Waals surface area contributed by atoms with Gasteiger partial charge in [-0.3, -0.25) is 14.6 Å². The molecule has 20 heavy (non-hydrogen) atoms. The molecule has 1 fully saturated rings. The Morgan fingerprint density at radius 1 is 1.35 bits per heavy atom. The number of carbonyl (C=O) groups excluding carboxylic acids is 1. The maximum Gasteiger partial charge on any atom is 0.310 e. The summed E-state index contributed by atoms with van der Waals surface area (Å²) in [6.07, 6.45) is 7.29. The van der Waals surface area contributed by atoms with Crippen LogP contribution in [0.2, 0.25) is 0 Å². The van der Waals surface area contributed by atoms with Gasteiger partial charge in [-0.25, -0.2) is 0 Å². The smallest absolute Gasteiger partial charge is 0.310 e. The van der Waals surface area contributed by atoms with Crippen molar-refractivity contribution in [2.24, 2.45) is 5.41 Å². The van der Waals surface area contributed by atoms with E-state index in [1.165, 1.54) is 0 Å². The maximum atomic E-state index is 11.9. The molecule has 0 aromatic carbocycles. The number of hydrogen-bond acceptors (Lipinski definition) is 3. The number of carbonyl (C=O) groups is 2. The van der Waals surface area contributed by atoms with Crippen LogP contribution in [0.1, 0.15) is 37.7 Å². The van der Waals surface area contributed by atoms with Gasteiger partial charge in [0.05, 0.1) is 5.41 Å². The third-order valence-corrected chi connectivity index (χ3v) is 3.97. The van der Waals surface area contributed by atoms with Gasteiger partial charge < -0.3 is 10.4 Å². The Hall–Kier alpha value is -1.91. The predicted octanol–water partition coefficient (Wildman–Crippen LogP) is 1.78. The minimum absolute atomic E-state index is 0.0926. The Kier molecular flexibility index (Phi) is 4.71.